The number of hydrogen-bond donors (Lipinski definition) is 0. The summed E-state index contributed by atoms with van der Waals surface area (Å²) in [5.41, 5.74) is 0.945. The summed E-state index contributed by atoms with van der Waals surface area (Å²) in [7, 11) is 2.75. The smallest absolute Gasteiger partial charge is 0.319 e. The van der Waals surface area contributed by atoms with Crippen LogP contribution in [0.1, 0.15) is 24.8 Å². The first-order valence-corrected chi connectivity index (χ1v) is 8.57. The van der Waals surface area contributed by atoms with Gasteiger partial charge in [-0.25, -0.2) is 0 Å². The molecule has 130 valence electrons. The zero-order chi connectivity index (χ0) is 17.6. The second kappa shape index (κ2) is 5.76. The molecule has 0 bridgehead atoms. The van der Waals surface area contributed by atoms with Crippen LogP contribution in [-0.2, 0) is 24.5 Å². The molecule has 0 N–H and O–H groups in total. The second-order valence-electron chi connectivity index (χ2n) is 6.75. The molecule has 4 rings (SSSR count). The Morgan fingerprint density at radius 1 is 1.16 bits per heavy atom. The molecule has 0 aliphatic carbocycles. The van der Waals surface area contributed by atoms with Crippen LogP contribution in [-0.4, -0.2) is 38.7 Å². The molecule has 2 aliphatic heterocycles. The van der Waals surface area contributed by atoms with E-state index in [1.807, 2.05) is 24.3 Å². The first kappa shape index (κ1) is 15.9. The molecule has 1 saturated heterocycles. The molecule has 0 amide bonds. The highest BCUT2D eigenvalue weighted by Crippen LogP contribution is 2.54. The number of hydrogen-bond acceptors (Lipinski definition) is 5. The van der Waals surface area contributed by atoms with E-state index >= 15 is 0 Å². The molecule has 2 aromatic carbocycles. The molecule has 5 heteroatoms. The van der Waals surface area contributed by atoms with E-state index in [2.05, 4.69) is 17.0 Å². The van der Waals surface area contributed by atoms with Gasteiger partial charge in [-0.1, -0.05) is 36.4 Å². The van der Waals surface area contributed by atoms with Crippen molar-refractivity contribution in [1.82, 2.24) is 0 Å². The van der Waals surface area contributed by atoms with Crippen molar-refractivity contribution in [3.8, 4) is 0 Å². The molecule has 25 heavy (non-hydrogen) atoms. The minimum atomic E-state index is -1.00. The number of nitrogens with zero attached hydrogens (tertiary/aromatic N) is 1. The Bertz CT molecular complexity index is 862. The Morgan fingerprint density at radius 3 is 2.72 bits per heavy atom. The predicted octanol–water partition coefficient (Wildman–Crippen LogP) is 2.80. The summed E-state index contributed by atoms with van der Waals surface area (Å²) in [4.78, 5) is 27.5. The fraction of sp³-hybridized carbons (Fsp3) is 0.400. The zero-order valence-electron chi connectivity index (χ0n) is 14.5. The highest BCUT2D eigenvalue weighted by atomic mass is 16.5. The quantitative estimate of drug-likeness (QED) is 0.805. The van der Waals surface area contributed by atoms with Crippen molar-refractivity contribution in [2.24, 2.45) is 0 Å². The SMILES string of the molecule is COC(=O)CC1(C(=O)OC)c2ccc3ccccc3c2N2CCCC21. The van der Waals surface area contributed by atoms with E-state index in [1.165, 1.54) is 14.2 Å². The average molecular weight is 339 g/mol. The fourth-order valence-electron chi connectivity index (χ4n) is 4.66. The molecule has 0 saturated carbocycles. The van der Waals surface area contributed by atoms with E-state index in [0.717, 1.165) is 41.4 Å². The lowest BCUT2D eigenvalue weighted by Gasteiger charge is -2.32. The van der Waals surface area contributed by atoms with Crippen molar-refractivity contribution in [1.29, 1.82) is 0 Å². The number of benzene rings is 2. The van der Waals surface area contributed by atoms with Crippen LogP contribution in [0.4, 0.5) is 5.69 Å². The number of fused-ring (bicyclic) bond motifs is 5. The first-order valence-electron chi connectivity index (χ1n) is 8.57. The lowest BCUT2D eigenvalue weighted by molar-refractivity contribution is -0.154. The van der Waals surface area contributed by atoms with Gasteiger partial charge in [-0.05, 0) is 23.8 Å². The summed E-state index contributed by atoms with van der Waals surface area (Å²) < 4.78 is 10.1. The normalized spacial score (nSPS) is 24.1. The van der Waals surface area contributed by atoms with Gasteiger partial charge in [0.15, 0.2) is 0 Å². The third-order valence-electron chi connectivity index (χ3n) is 5.69. The maximum absolute atomic E-state index is 13.0. The van der Waals surface area contributed by atoms with Gasteiger partial charge in [0.05, 0.1) is 20.6 Å². The van der Waals surface area contributed by atoms with Gasteiger partial charge in [-0.3, -0.25) is 9.59 Å². The van der Waals surface area contributed by atoms with Crippen LogP contribution in [0.15, 0.2) is 36.4 Å². The summed E-state index contributed by atoms with van der Waals surface area (Å²) in [5.74, 6) is -0.748. The topological polar surface area (TPSA) is 55.8 Å². The number of carbonyl (C=O) groups excluding carboxylic acids is 2. The van der Waals surface area contributed by atoms with Crippen molar-refractivity contribution < 1.29 is 19.1 Å². The maximum Gasteiger partial charge on any atom is 0.319 e. The molecule has 5 nitrogen and oxygen atoms in total. The van der Waals surface area contributed by atoms with Crippen LogP contribution >= 0.6 is 0 Å². The van der Waals surface area contributed by atoms with Crippen LogP contribution in [0.25, 0.3) is 10.8 Å². The summed E-state index contributed by atoms with van der Waals surface area (Å²) in [6.45, 7) is 0.881. The maximum atomic E-state index is 13.0. The van der Waals surface area contributed by atoms with Crippen molar-refractivity contribution in [2.75, 3.05) is 25.7 Å². The largest absolute Gasteiger partial charge is 0.469 e. The third-order valence-corrected chi connectivity index (χ3v) is 5.69. The molecule has 2 aromatic rings. The molecule has 0 aromatic heterocycles. The summed E-state index contributed by atoms with van der Waals surface area (Å²) in [6.07, 6.45) is 1.85. The van der Waals surface area contributed by atoms with Crippen LogP contribution in [0, 0.1) is 0 Å². The average Bonchev–Trinajstić information content (AvgIpc) is 3.22. The number of carbonyl (C=O) groups is 2. The standard InChI is InChI=1S/C20H21NO4/c1-24-17(22)12-20(19(23)25-2)15-10-9-13-6-3-4-7-14(13)18(15)21-11-5-8-16(20)21/h3-4,6-7,9-10,16H,5,8,11-12H2,1-2H3. The van der Waals surface area contributed by atoms with Crippen molar-refractivity contribution in [2.45, 2.75) is 30.7 Å². The number of methoxy groups -OCH3 is 2. The molecule has 1 fully saturated rings. The van der Waals surface area contributed by atoms with Gasteiger partial charge in [0.1, 0.15) is 5.41 Å². The summed E-state index contributed by atoms with van der Waals surface area (Å²) in [6, 6.07) is 12.1. The van der Waals surface area contributed by atoms with Crippen LogP contribution < -0.4 is 4.90 Å². The van der Waals surface area contributed by atoms with E-state index in [0.29, 0.717) is 0 Å². The Morgan fingerprint density at radius 2 is 1.96 bits per heavy atom. The third kappa shape index (κ3) is 2.08. The van der Waals surface area contributed by atoms with E-state index in [4.69, 9.17) is 9.47 Å². The lowest BCUT2D eigenvalue weighted by Crippen LogP contribution is -2.49. The van der Waals surface area contributed by atoms with E-state index in [9.17, 15) is 9.59 Å². The summed E-state index contributed by atoms with van der Waals surface area (Å²) in [5, 5.41) is 2.24. The van der Waals surface area contributed by atoms with Gasteiger partial charge in [-0.2, -0.15) is 0 Å². The van der Waals surface area contributed by atoms with Gasteiger partial charge in [0, 0.05) is 23.7 Å². The molecule has 2 aliphatic rings. The van der Waals surface area contributed by atoms with Crippen LogP contribution in [0.5, 0.6) is 0 Å². The monoisotopic (exact) mass is 339 g/mol. The Hall–Kier alpha value is -2.56. The Labute approximate surface area is 146 Å². The van der Waals surface area contributed by atoms with Crippen LogP contribution in [0.3, 0.4) is 0 Å². The highest BCUT2D eigenvalue weighted by Gasteiger charge is 2.59. The Kier molecular flexibility index (Phi) is 3.67. The molecule has 0 spiro atoms. The van der Waals surface area contributed by atoms with E-state index in [1.54, 1.807) is 0 Å². The predicted molar refractivity (Wildman–Crippen MR) is 94.6 cm³/mol. The number of anilines is 1. The lowest BCUT2D eigenvalue weighted by atomic mass is 9.72. The molecule has 2 heterocycles. The van der Waals surface area contributed by atoms with E-state index < -0.39 is 11.4 Å². The Balaban J connectivity index is 2.01. The van der Waals surface area contributed by atoms with Gasteiger partial charge < -0.3 is 14.4 Å². The first-order chi connectivity index (χ1) is 12.1. The zero-order valence-corrected chi connectivity index (χ0v) is 14.5. The summed E-state index contributed by atoms with van der Waals surface area (Å²) >= 11 is 0. The molecular formula is C20H21NO4. The van der Waals surface area contributed by atoms with E-state index in [-0.39, 0.29) is 18.4 Å². The van der Waals surface area contributed by atoms with Gasteiger partial charge in [-0.15, -0.1) is 0 Å². The second-order valence-corrected chi connectivity index (χ2v) is 6.75. The number of rotatable bonds is 3. The number of ether oxygens (including phenoxy) is 2. The fourth-order valence-corrected chi connectivity index (χ4v) is 4.66. The van der Waals surface area contributed by atoms with Crippen molar-refractivity contribution >= 4 is 28.4 Å². The molecular weight excluding hydrogens is 318 g/mol. The molecule has 2 atom stereocenters. The van der Waals surface area contributed by atoms with Gasteiger partial charge >= 0.3 is 11.9 Å². The minimum absolute atomic E-state index is 0.00266. The van der Waals surface area contributed by atoms with Crippen molar-refractivity contribution in [3.05, 3.63) is 42.0 Å². The van der Waals surface area contributed by atoms with Crippen molar-refractivity contribution in [3.63, 3.8) is 0 Å². The van der Waals surface area contributed by atoms with Gasteiger partial charge in [0.2, 0.25) is 0 Å². The minimum Gasteiger partial charge on any atom is -0.469 e. The van der Waals surface area contributed by atoms with Gasteiger partial charge in [0.25, 0.3) is 0 Å². The molecule has 2 unspecified atom stereocenters. The highest BCUT2D eigenvalue weighted by molar-refractivity contribution is 6.04. The molecule has 0 radical (unpaired) electrons. The van der Waals surface area contributed by atoms with Crippen LogP contribution in [0.2, 0.25) is 0 Å². The number of esters is 2.